The summed E-state index contributed by atoms with van der Waals surface area (Å²) in [4.78, 5) is 13.7. The van der Waals surface area contributed by atoms with E-state index in [1.54, 1.807) is 24.0 Å². The second-order valence-corrected chi connectivity index (χ2v) is 3.99. The molecule has 0 unspecified atom stereocenters. The third-order valence-electron chi connectivity index (χ3n) is 2.72. The van der Waals surface area contributed by atoms with Gasteiger partial charge in [0.1, 0.15) is 5.82 Å². The fourth-order valence-electron chi connectivity index (χ4n) is 1.59. The van der Waals surface area contributed by atoms with Crippen molar-refractivity contribution in [2.75, 3.05) is 19.6 Å². The third kappa shape index (κ3) is 3.53. The van der Waals surface area contributed by atoms with E-state index >= 15 is 0 Å². The fourth-order valence-corrected chi connectivity index (χ4v) is 1.59. The predicted molar refractivity (Wildman–Crippen MR) is 66.4 cm³/mol. The maximum atomic E-state index is 13.4. The molecule has 17 heavy (non-hydrogen) atoms. The van der Waals surface area contributed by atoms with Crippen LogP contribution in [0.1, 0.15) is 29.3 Å². The van der Waals surface area contributed by atoms with E-state index in [9.17, 15) is 9.18 Å². The summed E-state index contributed by atoms with van der Waals surface area (Å²) >= 11 is 0. The number of carbonyl (C=O) groups is 1. The smallest absolute Gasteiger partial charge is 0.253 e. The summed E-state index contributed by atoms with van der Waals surface area (Å²) < 4.78 is 13.4. The highest BCUT2D eigenvalue weighted by atomic mass is 19.1. The van der Waals surface area contributed by atoms with Crippen LogP contribution in [-0.2, 0) is 0 Å². The molecule has 0 spiro atoms. The third-order valence-corrected chi connectivity index (χ3v) is 2.72. The number of hydrogen-bond donors (Lipinski definition) is 1. The minimum Gasteiger partial charge on any atom is -0.339 e. The second kappa shape index (κ2) is 6.35. The van der Waals surface area contributed by atoms with Gasteiger partial charge in [-0.15, -0.1) is 0 Å². The van der Waals surface area contributed by atoms with Crippen LogP contribution in [0.4, 0.5) is 4.39 Å². The van der Waals surface area contributed by atoms with Gasteiger partial charge in [0.15, 0.2) is 0 Å². The molecule has 4 heteroatoms. The molecule has 0 aliphatic heterocycles. The molecule has 94 valence electrons. The summed E-state index contributed by atoms with van der Waals surface area (Å²) in [5.74, 6) is -0.481. The van der Waals surface area contributed by atoms with Crippen LogP contribution in [0.5, 0.6) is 0 Å². The molecule has 1 amide bonds. The zero-order chi connectivity index (χ0) is 12.8. The van der Waals surface area contributed by atoms with Gasteiger partial charge in [-0.05, 0) is 44.5 Å². The quantitative estimate of drug-likeness (QED) is 0.852. The normalized spacial score (nSPS) is 10.4. The van der Waals surface area contributed by atoms with E-state index < -0.39 is 0 Å². The van der Waals surface area contributed by atoms with Crippen molar-refractivity contribution in [3.05, 3.63) is 35.1 Å². The molecule has 2 N–H and O–H groups in total. The van der Waals surface area contributed by atoms with Crippen molar-refractivity contribution in [2.45, 2.75) is 20.3 Å². The van der Waals surface area contributed by atoms with Crippen LogP contribution in [0.2, 0.25) is 0 Å². The number of halogens is 1. The number of benzene rings is 1. The predicted octanol–water partition coefficient (Wildman–Crippen LogP) is 1.95. The number of hydrogen-bond acceptors (Lipinski definition) is 2. The zero-order valence-corrected chi connectivity index (χ0v) is 10.4. The lowest BCUT2D eigenvalue weighted by atomic mass is 10.1. The van der Waals surface area contributed by atoms with Crippen molar-refractivity contribution in [1.29, 1.82) is 0 Å². The number of amides is 1. The van der Waals surface area contributed by atoms with Crippen LogP contribution >= 0.6 is 0 Å². The van der Waals surface area contributed by atoms with E-state index in [2.05, 4.69) is 0 Å². The molecule has 0 bridgehead atoms. The fraction of sp³-hybridized carbons (Fsp3) is 0.462. The van der Waals surface area contributed by atoms with E-state index in [0.29, 0.717) is 30.8 Å². The molecule has 3 nitrogen and oxygen atoms in total. The lowest BCUT2D eigenvalue weighted by Crippen LogP contribution is -2.32. The minimum absolute atomic E-state index is 0.139. The van der Waals surface area contributed by atoms with Gasteiger partial charge in [-0.3, -0.25) is 4.79 Å². The molecule has 0 aliphatic rings. The first-order valence-electron chi connectivity index (χ1n) is 5.85. The summed E-state index contributed by atoms with van der Waals surface area (Å²) in [6.07, 6.45) is 0.758. The van der Waals surface area contributed by atoms with Crippen LogP contribution in [0, 0.1) is 12.7 Å². The van der Waals surface area contributed by atoms with Gasteiger partial charge in [-0.2, -0.15) is 0 Å². The molecular weight excluding hydrogens is 219 g/mol. The van der Waals surface area contributed by atoms with Crippen LogP contribution in [0.25, 0.3) is 0 Å². The molecule has 0 heterocycles. The SMILES string of the molecule is CCN(CCCN)C(=O)c1ccc(C)c(F)c1. The summed E-state index contributed by atoms with van der Waals surface area (Å²) in [5.41, 5.74) is 6.36. The molecule has 1 rings (SSSR count). The Morgan fingerprint density at radius 3 is 2.71 bits per heavy atom. The highest BCUT2D eigenvalue weighted by Gasteiger charge is 2.14. The van der Waals surface area contributed by atoms with Crippen molar-refractivity contribution in [3.63, 3.8) is 0 Å². The standard InChI is InChI=1S/C13H19FN2O/c1-3-16(8-4-7-15)13(17)11-6-5-10(2)12(14)9-11/h5-6,9H,3-4,7-8,15H2,1-2H3. The van der Waals surface area contributed by atoms with Crippen molar-refractivity contribution < 1.29 is 9.18 Å². The molecule has 0 aromatic heterocycles. The molecule has 1 aromatic rings. The van der Waals surface area contributed by atoms with E-state index in [-0.39, 0.29) is 11.7 Å². The van der Waals surface area contributed by atoms with Crippen molar-refractivity contribution in [3.8, 4) is 0 Å². The molecule has 0 aliphatic carbocycles. The summed E-state index contributed by atoms with van der Waals surface area (Å²) in [6, 6.07) is 4.58. The Kier molecular flexibility index (Phi) is 5.10. The first-order valence-corrected chi connectivity index (χ1v) is 5.85. The van der Waals surface area contributed by atoms with Gasteiger partial charge in [0.2, 0.25) is 0 Å². The van der Waals surface area contributed by atoms with Crippen molar-refractivity contribution in [1.82, 2.24) is 4.90 Å². The highest BCUT2D eigenvalue weighted by molar-refractivity contribution is 5.94. The molecule has 1 aromatic carbocycles. The van der Waals surface area contributed by atoms with E-state index in [0.717, 1.165) is 6.42 Å². The van der Waals surface area contributed by atoms with Gasteiger partial charge < -0.3 is 10.6 Å². The Morgan fingerprint density at radius 1 is 1.47 bits per heavy atom. The van der Waals surface area contributed by atoms with Crippen LogP contribution in [0.3, 0.4) is 0 Å². The van der Waals surface area contributed by atoms with E-state index in [1.807, 2.05) is 6.92 Å². The Labute approximate surface area is 101 Å². The van der Waals surface area contributed by atoms with Crippen molar-refractivity contribution in [2.24, 2.45) is 5.73 Å². The minimum atomic E-state index is -0.342. The van der Waals surface area contributed by atoms with Crippen LogP contribution in [-0.4, -0.2) is 30.4 Å². The van der Waals surface area contributed by atoms with Crippen LogP contribution < -0.4 is 5.73 Å². The average molecular weight is 238 g/mol. The van der Waals surface area contributed by atoms with E-state index in [4.69, 9.17) is 5.73 Å². The maximum absolute atomic E-state index is 13.4. The first-order chi connectivity index (χ1) is 8.10. The van der Waals surface area contributed by atoms with Crippen LogP contribution in [0.15, 0.2) is 18.2 Å². The second-order valence-electron chi connectivity index (χ2n) is 3.99. The number of carbonyl (C=O) groups excluding carboxylic acids is 1. The maximum Gasteiger partial charge on any atom is 0.253 e. The molecule has 0 saturated carbocycles. The molecular formula is C13H19FN2O. The largest absolute Gasteiger partial charge is 0.339 e. The van der Waals surface area contributed by atoms with Gasteiger partial charge >= 0.3 is 0 Å². The molecule has 0 radical (unpaired) electrons. The Morgan fingerprint density at radius 2 is 2.18 bits per heavy atom. The summed E-state index contributed by atoms with van der Waals surface area (Å²) in [7, 11) is 0. The first kappa shape index (κ1) is 13.6. The van der Waals surface area contributed by atoms with E-state index in [1.165, 1.54) is 6.07 Å². The van der Waals surface area contributed by atoms with Gasteiger partial charge in [-0.1, -0.05) is 6.07 Å². The summed E-state index contributed by atoms with van der Waals surface area (Å²) in [5, 5.41) is 0. The van der Waals surface area contributed by atoms with Gasteiger partial charge in [0, 0.05) is 18.7 Å². The Bertz CT molecular complexity index is 393. The number of aryl methyl sites for hydroxylation is 1. The highest BCUT2D eigenvalue weighted by Crippen LogP contribution is 2.11. The lowest BCUT2D eigenvalue weighted by molar-refractivity contribution is 0.0763. The summed E-state index contributed by atoms with van der Waals surface area (Å²) in [6.45, 7) is 5.34. The number of nitrogens with zero attached hydrogens (tertiary/aromatic N) is 1. The Balaban J connectivity index is 2.82. The molecule has 0 fully saturated rings. The monoisotopic (exact) mass is 238 g/mol. The molecule has 0 atom stereocenters. The number of nitrogens with two attached hydrogens (primary N) is 1. The topological polar surface area (TPSA) is 46.3 Å². The van der Waals surface area contributed by atoms with Gasteiger partial charge in [0.25, 0.3) is 5.91 Å². The average Bonchev–Trinajstić information content (AvgIpc) is 2.33. The Hall–Kier alpha value is -1.42. The van der Waals surface area contributed by atoms with Gasteiger partial charge in [-0.25, -0.2) is 4.39 Å². The van der Waals surface area contributed by atoms with Crippen molar-refractivity contribution >= 4 is 5.91 Å². The lowest BCUT2D eigenvalue weighted by Gasteiger charge is -2.20. The molecule has 0 saturated heterocycles. The van der Waals surface area contributed by atoms with Gasteiger partial charge in [0.05, 0.1) is 0 Å². The number of rotatable bonds is 5. The zero-order valence-electron chi connectivity index (χ0n) is 10.4.